The van der Waals surface area contributed by atoms with E-state index in [4.69, 9.17) is 16.3 Å². The smallest absolute Gasteiger partial charge is 0.322 e. The summed E-state index contributed by atoms with van der Waals surface area (Å²) in [5.41, 5.74) is -0.698. The summed E-state index contributed by atoms with van der Waals surface area (Å²) in [7, 11) is 0. The van der Waals surface area contributed by atoms with Gasteiger partial charge in [-0.1, -0.05) is 13.8 Å². The highest BCUT2D eigenvalue weighted by atomic mass is 35.5. The molecule has 0 unspecified atom stereocenters. The molecule has 118 valence electrons. The van der Waals surface area contributed by atoms with Gasteiger partial charge in [0.25, 0.3) is 0 Å². The van der Waals surface area contributed by atoms with Crippen LogP contribution in [-0.2, 0) is 0 Å². The number of aliphatic hydroxyl groups is 1. The van der Waals surface area contributed by atoms with Crippen molar-refractivity contribution in [1.29, 1.82) is 0 Å². The number of halogens is 1. The molecule has 1 fully saturated rings. The first kappa shape index (κ1) is 16.2. The van der Waals surface area contributed by atoms with Gasteiger partial charge in [0.1, 0.15) is 0 Å². The van der Waals surface area contributed by atoms with Crippen LogP contribution in [-0.4, -0.2) is 38.8 Å². The van der Waals surface area contributed by atoms with E-state index in [1.165, 1.54) is 0 Å². The lowest BCUT2D eigenvalue weighted by Gasteiger charge is -2.34. The van der Waals surface area contributed by atoms with Gasteiger partial charge in [-0.05, 0) is 49.6 Å². The molecule has 2 N–H and O–H groups in total. The number of hydrogen-bond acceptors (Lipinski definition) is 6. The van der Waals surface area contributed by atoms with Crippen molar-refractivity contribution in [1.82, 2.24) is 15.0 Å². The van der Waals surface area contributed by atoms with Gasteiger partial charge in [-0.2, -0.15) is 15.0 Å². The summed E-state index contributed by atoms with van der Waals surface area (Å²) in [5.74, 6) is 1.03. The highest BCUT2D eigenvalue weighted by Gasteiger charge is 2.31. The number of nitrogens with one attached hydrogen (secondary N) is 1. The molecule has 0 spiro atoms. The third-order valence-electron chi connectivity index (χ3n) is 3.80. The van der Waals surface area contributed by atoms with E-state index in [2.05, 4.69) is 27.2 Å². The van der Waals surface area contributed by atoms with E-state index >= 15 is 0 Å². The Labute approximate surface area is 130 Å². The van der Waals surface area contributed by atoms with E-state index in [1.54, 1.807) is 0 Å². The molecule has 6 nitrogen and oxygen atoms in total. The number of nitrogens with zero attached hydrogens (tertiary/aromatic N) is 3. The minimum Gasteiger partial charge on any atom is -0.463 e. The van der Waals surface area contributed by atoms with Crippen LogP contribution < -0.4 is 10.1 Å². The Kier molecular flexibility index (Phi) is 5.58. The van der Waals surface area contributed by atoms with Crippen molar-refractivity contribution < 1.29 is 9.84 Å². The highest BCUT2D eigenvalue weighted by molar-refractivity contribution is 6.28. The number of rotatable bonds is 6. The molecule has 1 aliphatic rings. The van der Waals surface area contributed by atoms with Crippen molar-refractivity contribution in [2.45, 2.75) is 51.6 Å². The van der Waals surface area contributed by atoms with Crippen molar-refractivity contribution in [2.75, 3.05) is 18.5 Å². The molecule has 1 saturated carbocycles. The Balaban J connectivity index is 1.94. The second-order valence-electron chi connectivity index (χ2n) is 5.82. The molecule has 1 aliphatic carbocycles. The lowest BCUT2D eigenvalue weighted by atomic mass is 9.79. The van der Waals surface area contributed by atoms with Crippen LogP contribution in [0.25, 0.3) is 0 Å². The third-order valence-corrected chi connectivity index (χ3v) is 3.97. The maximum atomic E-state index is 10.5. The van der Waals surface area contributed by atoms with E-state index < -0.39 is 5.60 Å². The quantitative estimate of drug-likeness (QED) is 0.840. The maximum absolute atomic E-state index is 10.5. The van der Waals surface area contributed by atoms with Crippen LogP contribution in [0.1, 0.15) is 46.0 Å². The molecule has 0 atom stereocenters. The van der Waals surface area contributed by atoms with Gasteiger partial charge >= 0.3 is 6.01 Å². The molecular formula is C14H23ClN4O2. The molecule has 1 aromatic rings. The summed E-state index contributed by atoms with van der Waals surface area (Å²) in [6.07, 6.45) is 4.53. The van der Waals surface area contributed by atoms with Crippen molar-refractivity contribution in [3.05, 3.63) is 5.28 Å². The van der Waals surface area contributed by atoms with Gasteiger partial charge in [0.15, 0.2) is 0 Å². The minimum absolute atomic E-state index is 0.0860. The summed E-state index contributed by atoms with van der Waals surface area (Å²) in [6, 6.07) is 0.212. The van der Waals surface area contributed by atoms with Gasteiger partial charge in [0.2, 0.25) is 11.2 Å². The Bertz CT molecular complexity index is 464. The molecule has 0 aliphatic heterocycles. The van der Waals surface area contributed by atoms with Gasteiger partial charge in [-0.3, -0.25) is 0 Å². The summed E-state index contributed by atoms with van der Waals surface area (Å²) >= 11 is 5.86. The lowest BCUT2D eigenvalue weighted by molar-refractivity contribution is 0.00485. The second kappa shape index (κ2) is 7.22. The predicted octanol–water partition coefficient (Wildman–Crippen LogP) is 2.67. The Morgan fingerprint density at radius 3 is 2.71 bits per heavy atom. The summed E-state index contributed by atoms with van der Waals surface area (Å²) in [4.78, 5) is 12.1. The third kappa shape index (κ3) is 4.97. The van der Waals surface area contributed by atoms with E-state index in [9.17, 15) is 5.11 Å². The number of aromatic nitrogens is 3. The fourth-order valence-electron chi connectivity index (χ4n) is 2.39. The van der Waals surface area contributed by atoms with Crippen LogP contribution in [0.2, 0.25) is 5.28 Å². The van der Waals surface area contributed by atoms with Gasteiger partial charge in [-0.25, -0.2) is 0 Å². The normalized spacial score (nSPS) is 25.6. The van der Waals surface area contributed by atoms with E-state index in [0.29, 0.717) is 25.0 Å². The molecule has 2 rings (SSSR count). The zero-order valence-electron chi connectivity index (χ0n) is 12.6. The molecule has 0 aromatic carbocycles. The average Bonchev–Trinajstić information content (AvgIpc) is 2.46. The molecule has 0 radical (unpaired) electrons. The van der Waals surface area contributed by atoms with Gasteiger partial charge in [0, 0.05) is 6.54 Å². The zero-order chi connectivity index (χ0) is 15.3. The van der Waals surface area contributed by atoms with Crippen molar-refractivity contribution >= 4 is 17.5 Å². The number of ether oxygens (including phenoxy) is 1. The number of hydrogen-bond donors (Lipinski definition) is 2. The minimum atomic E-state index is -0.698. The first-order chi connectivity index (χ1) is 10.0. The Morgan fingerprint density at radius 2 is 2.05 bits per heavy atom. The second-order valence-corrected chi connectivity index (χ2v) is 6.16. The largest absolute Gasteiger partial charge is 0.463 e. The van der Waals surface area contributed by atoms with Gasteiger partial charge in [-0.15, -0.1) is 0 Å². The summed E-state index contributed by atoms with van der Waals surface area (Å²) in [5, 5.41) is 13.7. The molecule has 1 aromatic heterocycles. The first-order valence-electron chi connectivity index (χ1n) is 7.51. The van der Waals surface area contributed by atoms with Crippen LogP contribution >= 0.6 is 11.6 Å². The van der Waals surface area contributed by atoms with Crippen LogP contribution in [0, 0.1) is 5.92 Å². The molecular weight excluding hydrogens is 292 g/mol. The predicted molar refractivity (Wildman–Crippen MR) is 81.7 cm³/mol. The lowest BCUT2D eigenvalue weighted by Crippen LogP contribution is -2.40. The standard InChI is InChI=1S/C14H23ClN4O2/c1-3-8-21-13-18-11(15)17-12(19-13)16-9-14(20)6-4-10(2)5-7-14/h10,20H,3-9H2,1-2H3,(H,16,17,18,19). The van der Waals surface area contributed by atoms with E-state index in [0.717, 1.165) is 32.1 Å². The van der Waals surface area contributed by atoms with E-state index in [-0.39, 0.29) is 11.3 Å². The highest BCUT2D eigenvalue weighted by Crippen LogP contribution is 2.31. The van der Waals surface area contributed by atoms with Crippen molar-refractivity contribution in [2.24, 2.45) is 5.92 Å². The van der Waals surface area contributed by atoms with Crippen molar-refractivity contribution in [3.8, 4) is 6.01 Å². The molecule has 7 heteroatoms. The monoisotopic (exact) mass is 314 g/mol. The molecule has 1 heterocycles. The number of anilines is 1. The van der Waals surface area contributed by atoms with Crippen LogP contribution in [0.4, 0.5) is 5.95 Å². The van der Waals surface area contributed by atoms with Crippen LogP contribution in [0.3, 0.4) is 0 Å². The van der Waals surface area contributed by atoms with Gasteiger partial charge < -0.3 is 15.2 Å². The fourth-order valence-corrected chi connectivity index (χ4v) is 2.54. The summed E-state index contributed by atoms with van der Waals surface area (Å²) < 4.78 is 5.36. The molecule has 0 amide bonds. The van der Waals surface area contributed by atoms with Crippen LogP contribution in [0.5, 0.6) is 6.01 Å². The van der Waals surface area contributed by atoms with E-state index in [1.807, 2.05) is 6.92 Å². The average molecular weight is 315 g/mol. The van der Waals surface area contributed by atoms with Gasteiger partial charge in [0.05, 0.1) is 12.2 Å². The molecule has 0 saturated heterocycles. The molecule has 0 bridgehead atoms. The topological polar surface area (TPSA) is 80.2 Å². The summed E-state index contributed by atoms with van der Waals surface area (Å²) in [6.45, 7) is 5.16. The van der Waals surface area contributed by atoms with Crippen molar-refractivity contribution in [3.63, 3.8) is 0 Å². The Hall–Kier alpha value is -1.14. The molecule has 21 heavy (non-hydrogen) atoms. The first-order valence-corrected chi connectivity index (χ1v) is 7.89. The Morgan fingerprint density at radius 1 is 1.33 bits per heavy atom. The fraction of sp³-hybridized carbons (Fsp3) is 0.786. The SMILES string of the molecule is CCCOc1nc(Cl)nc(NCC2(O)CCC(C)CC2)n1. The van der Waals surface area contributed by atoms with Crippen LogP contribution in [0.15, 0.2) is 0 Å². The maximum Gasteiger partial charge on any atom is 0.322 e. The zero-order valence-corrected chi connectivity index (χ0v) is 13.4.